The number of nitrogens with zero attached hydrogens (tertiary/aromatic N) is 2. The Morgan fingerprint density at radius 1 is 1.60 bits per heavy atom. The molecule has 1 heterocycles. The summed E-state index contributed by atoms with van der Waals surface area (Å²) in [6, 6.07) is 1.89. The van der Waals surface area contributed by atoms with E-state index < -0.39 is 10.8 Å². The molecule has 0 fully saturated rings. The Morgan fingerprint density at radius 2 is 2.33 bits per heavy atom. The summed E-state index contributed by atoms with van der Waals surface area (Å²) in [6.07, 6.45) is 3.95. The topological polar surface area (TPSA) is 54.9 Å². The summed E-state index contributed by atoms with van der Waals surface area (Å²) in [5.74, 6) is 1.39. The number of rotatable bonds is 5. The molecule has 0 saturated carbocycles. The zero-order valence-electron chi connectivity index (χ0n) is 8.74. The van der Waals surface area contributed by atoms with E-state index in [1.807, 2.05) is 6.92 Å². The van der Waals surface area contributed by atoms with Gasteiger partial charge in [0.1, 0.15) is 17.3 Å². The van der Waals surface area contributed by atoms with Crippen LogP contribution in [0.5, 0.6) is 0 Å². The highest BCUT2D eigenvalue weighted by atomic mass is 35.5. The molecule has 2 unspecified atom stereocenters. The van der Waals surface area contributed by atoms with Crippen molar-refractivity contribution in [3.8, 4) is 0 Å². The van der Waals surface area contributed by atoms with Crippen LogP contribution < -0.4 is 5.32 Å². The third-order valence-electron chi connectivity index (χ3n) is 1.87. The van der Waals surface area contributed by atoms with Crippen molar-refractivity contribution < 1.29 is 4.21 Å². The van der Waals surface area contributed by atoms with E-state index in [2.05, 4.69) is 15.3 Å². The lowest BCUT2D eigenvalue weighted by Gasteiger charge is -2.13. The van der Waals surface area contributed by atoms with Gasteiger partial charge in [-0.2, -0.15) is 0 Å². The van der Waals surface area contributed by atoms with Crippen LogP contribution in [0, 0.1) is 0 Å². The molecule has 1 rings (SSSR count). The molecule has 0 aromatic carbocycles. The first kappa shape index (κ1) is 12.4. The Hall–Kier alpha value is -0.680. The van der Waals surface area contributed by atoms with Crippen molar-refractivity contribution in [2.24, 2.45) is 0 Å². The second kappa shape index (κ2) is 6.02. The van der Waals surface area contributed by atoms with E-state index in [9.17, 15) is 4.21 Å². The zero-order valence-corrected chi connectivity index (χ0v) is 10.3. The fourth-order valence-corrected chi connectivity index (χ4v) is 1.91. The lowest BCUT2D eigenvalue weighted by Crippen LogP contribution is -2.18. The van der Waals surface area contributed by atoms with E-state index in [0.717, 1.165) is 6.42 Å². The maximum absolute atomic E-state index is 10.9. The Balaban J connectivity index is 2.44. The summed E-state index contributed by atoms with van der Waals surface area (Å²) in [7, 11) is -0.747. The van der Waals surface area contributed by atoms with Crippen LogP contribution >= 0.6 is 11.6 Å². The number of nitrogens with one attached hydrogen (secondary N) is 1. The van der Waals surface area contributed by atoms with Crippen LogP contribution in [-0.4, -0.2) is 32.2 Å². The molecule has 0 radical (unpaired) electrons. The Kier molecular flexibility index (Phi) is 4.98. The standard InChI is InChI=1S/C9H14ClN3OS/c1-7(3-4-15(2)14)13-9-5-8(10)11-6-12-9/h5-7H,3-4H2,1-2H3,(H,11,12,13). The van der Waals surface area contributed by atoms with Gasteiger partial charge in [0.15, 0.2) is 0 Å². The van der Waals surface area contributed by atoms with Gasteiger partial charge in [0.25, 0.3) is 0 Å². The molecule has 0 saturated heterocycles. The lowest BCUT2D eigenvalue weighted by molar-refractivity contribution is 0.678. The highest BCUT2D eigenvalue weighted by Crippen LogP contribution is 2.10. The van der Waals surface area contributed by atoms with Crippen LogP contribution in [0.25, 0.3) is 0 Å². The maximum Gasteiger partial charge on any atom is 0.134 e. The van der Waals surface area contributed by atoms with Gasteiger partial charge >= 0.3 is 0 Å². The minimum atomic E-state index is -0.747. The fourth-order valence-electron chi connectivity index (χ4n) is 1.08. The summed E-state index contributed by atoms with van der Waals surface area (Å²) in [4.78, 5) is 7.81. The van der Waals surface area contributed by atoms with E-state index in [1.165, 1.54) is 6.33 Å². The number of hydrogen-bond acceptors (Lipinski definition) is 4. The fraction of sp³-hybridized carbons (Fsp3) is 0.556. The van der Waals surface area contributed by atoms with E-state index >= 15 is 0 Å². The molecule has 0 bridgehead atoms. The Bertz CT molecular complexity index is 348. The molecular weight excluding hydrogens is 234 g/mol. The third-order valence-corrected chi connectivity index (χ3v) is 2.88. The summed E-state index contributed by atoms with van der Waals surface area (Å²) < 4.78 is 10.9. The van der Waals surface area contributed by atoms with E-state index in [4.69, 9.17) is 11.6 Å². The van der Waals surface area contributed by atoms with Crippen molar-refractivity contribution in [1.29, 1.82) is 0 Å². The second-order valence-electron chi connectivity index (χ2n) is 3.34. The van der Waals surface area contributed by atoms with Gasteiger partial charge in [0.05, 0.1) is 0 Å². The normalized spacial score (nSPS) is 14.6. The molecule has 4 nitrogen and oxygen atoms in total. The maximum atomic E-state index is 10.9. The smallest absolute Gasteiger partial charge is 0.134 e. The van der Waals surface area contributed by atoms with Crippen molar-refractivity contribution in [3.05, 3.63) is 17.5 Å². The average Bonchev–Trinajstić information content (AvgIpc) is 2.15. The summed E-state index contributed by atoms with van der Waals surface area (Å²) in [5.41, 5.74) is 0. The van der Waals surface area contributed by atoms with Crippen molar-refractivity contribution in [2.75, 3.05) is 17.3 Å². The van der Waals surface area contributed by atoms with E-state index in [-0.39, 0.29) is 6.04 Å². The molecule has 15 heavy (non-hydrogen) atoms. The Morgan fingerprint density at radius 3 is 2.93 bits per heavy atom. The van der Waals surface area contributed by atoms with Crippen LogP contribution in [-0.2, 0) is 10.8 Å². The minimum Gasteiger partial charge on any atom is -0.367 e. The lowest BCUT2D eigenvalue weighted by atomic mass is 10.2. The van der Waals surface area contributed by atoms with Gasteiger partial charge < -0.3 is 5.32 Å². The van der Waals surface area contributed by atoms with Gasteiger partial charge in [-0.1, -0.05) is 11.6 Å². The number of hydrogen-bond donors (Lipinski definition) is 1. The SMILES string of the molecule is CC(CCS(C)=O)Nc1cc(Cl)ncn1. The molecule has 6 heteroatoms. The highest BCUT2D eigenvalue weighted by molar-refractivity contribution is 7.84. The first-order valence-electron chi connectivity index (χ1n) is 4.62. The third kappa shape index (κ3) is 5.09. The molecule has 0 aliphatic heterocycles. The summed E-state index contributed by atoms with van der Waals surface area (Å²) >= 11 is 5.72. The average molecular weight is 248 g/mol. The number of anilines is 1. The number of aromatic nitrogens is 2. The molecule has 1 aromatic rings. The van der Waals surface area contributed by atoms with Gasteiger partial charge in [0, 0.05) is 34.9 Å². The van der Waals surface area contributed by atoms with E-state index in [0.29, 0.717) is 16.7 Å². The predicted octanol–water partition coefficient (Wildman–Crippen LogP) is 1.70. The first-order valence-corrected chi connectivity index (χ1v) is 6.72. The van der Waals surface area contributed by atoms with Crippen molar-refractivity contribution >= 4 is 28.2 Å². The summed E-state index contributed by atoms with van der Waals surface area (Å²) in [5, 5.41) is 3.58. The van der Waals surface area contributed by atoms with Crippen molar-refractivity contribution in [1.82, 2.24) is 9.97 Å². The van der Waals surface area contributed by atoms with Crippen LogP contribution in [0.15, 0.2) is 12.4 Å². The molecule has 84 valence electrons. The van der Waals surface area contributed by atoms with Crippen molar-refractivity contribution in [2.45, 2.75) is 19.4 Å². The predicted molar refractivity (Wildman–Crippen MR) is 63.7 cm³/mol. The number of halogens is 1. The van der Waals surface area contributed by atoms with Crippen molar-refractivity contribution in [3.63, 3.8) is 0 Å². The summed E-state index contributed by atoms with van der Waals surface area (Å²) in [6.45, 7) is 2.02. The molecule has 0 aliphatic carbocycles. The van der Waals surface area contributed by atoms with Crippen LogP contribution in [0.4, 0.5) is 5.82 Å². The van der Waals surface area contributed by atoms with Crippen LogP contribution in [0.2, 0.25) is 5.15 Å². The monoisotopic (exact) mass is 247 g/mol. The highest BCUT2D eigenvalue weighted by Gasteiger charge is 2.04. The molecule has 2 atom stereocenters. The molecule has 0 amide bonds. The largest absolute Gasteiger partial charge is 0.367 e. The van der Waals surface area contributed by atoms with Crippen LogP contribution in [0.1, 0.15) is 13.3 Å². The van der Waals surface area contributed by atoms with Crippen LogP contribution in [0.3, 0.4) is 0 Å². The van der Waals surface area contributed by atoms with Gasteiger partial charge in [0.2, 0.25) is 0 Å². The molecule has 1 N–H and O–H groups in total. The minimum absolute atomic E-state index is 0.222. The molecule has 1 aromatic heterocycles. The molecule has 0 spiro atoms. The molecule has 0 aliphatic rings. The molecular formula is C9H14ClN3OS. The zero-order chi connectivity index (χ0) is 11.3. The quantitative estimate of drug-likeness (QED) is 0.805. The van der Waals surface area contributed by atoms with Gasteiger partial charge in [-0.15, -0.1) is 0 Å². The van der Waals surface area contributed by atoms with Gasteiger partial charge in [-0.3, -0.25) is 4.21 Å². The van der Waals surface area contributed by atoms with Gasteiger partial charge in [-0.25, -0.2) is 9.97 Å². The van der Waals surface area contributed by atoms with E-state index in [1.54, 1.807) is 12.3 Å². The van der Waals surface area contributed by atoms with Gasteiger partial charge in [-0.05, 0) is 13.3 Å². The second-order valence-corrected chi connectivity index (χ2v) is 5.28. The Labute approximate surface area is 96.9 Å². The first-order chi connectivity index (χ1) is 7.08.